The van der Waals surface area contributed by atoms with Crippen LogP contribution in [0.2, 0.25) is 0 Å². The molecule has 17 heavy (non-hydrogen) atoms. The number of rotatable bonds is 3. The van der Waals surface area contributed by atoms with Crippen LogP contribution in [0.4, 0.5) is 0 Å². The van der Waals surface area contributed by atoms with Gasteiger partial charge in [0.15, 0.2) is 0 Å². The predicted octanol–water partition coefficient (Wildman–Crippen LogP) is 0.602. The van der Waals surface area contributed by atoms with E-state index in [9.17, 15) is 14.4 Å². The van der Waals surface area contributed by atoms with Crippen molar-refractivity contribution in [2.45, 2.75) is 6.92 Å². The monoisotopic (exact) mass is 234 g/mol. The van der Waals surface area contributed by atoms with Crippen molar-refractivity contribution in [2.75, 3.05) is 6.61 Å². The Morgan fingerprint density at radius 3 is 2.76 bits per heavy atom. The van der Waals surface area contributed by atoms with Crippen molar-refractivity contribution < 1.29 is 14.3 Å². The fraction of sp³-hybridized carbons (Fsp3) is 0.182. The summed E-state index contributed by atoms with van der Waals surface area (Å²) in [4.78, 5) is 39.2. The zero-order chi connectivity index (χ0) is 12.4. The number of carbonyl (C=O) groups is 2. The van der Waals surface area contributed by atoms with Gasteiger partial charge in [-0.2, -0.15) is 0 Å². The van der Waals surface area contributed by atoms with Crippen LogP contribution in [0.15, 0.2) is 23.0 Å². The summed E-state index contributed by atoms with van der Waals surface area (Å²) in [5.41, 5.74) is 0.490. The Bertz CT molecular complexity index is 638. The van der Waals surface area contributed by atoms with Gasteiger partial charge in [0, 0.05) is 0 Å². The van der Waals surface area contributed by atoms with Crippen LogP contribution in [0.25, 0.3) is 11.0 Å². The highest BCUT2D eigenvalue weighted by atomic mass is 16.5. The molecule has 0 saturated heterocycles. The molecule has 2 rings (SSSR count). The first-order valence-corrected chi connectivity index (χ1v) is 5.06. The summed E-state index contributed by atoms with van der Waals surface area (Å²) in [5, 5.41) is 0. The molecule has 1 aromatic carbocycles. The maximum atomic E-state index is 11.7. The minimum atomic E-state index is -0.929. The summed E-state index contributed by atoms with van der Waals surface area (Å²) in [7, 11) is 0. The Kier molecular flexibility index (Phi) is 2.78. The van der Waals surface area contributed by atoms with Crippen LogP contribution < -0.4 is 5.69 Å². The van der Waals surface area contributed by atoms with Crippen molar-refractivity contribution >= 4 is 22.8 Å². The molecule has 6 nitrogen and oxygen atoms in total. The summed E-state index contributed by atoms with van der Waals surface area (Å²) < 4.78 is 4.62. The van der Waals surface area contributed by atoms with E-state index in [4.69, 9.17) is 0 Å². The van der Waals surface area contributed by atoms with E-state index < -0.39 is 17.4 Å². The van der Waals surface area contributed by atoms with Gasteiger partial charge in [0.25, 0.3) is 5.78 Å². The van der Waals surface area contributed by atoms with E-state index in [0.717, 1.165) is 0 Å². The van der Waals surface area contributed by atoms with Gasteiger partial charge in [-0.25, -0.2) is 9.59 Å². The van der Waals surface area contributed by atoms with E-state index in [2.05, 4.69) is 14.7 Å². The van der Waals surface area contributed by atoms with Crippen molar-refractivity contribution in [3.63, 3.8) is 0 Å². The normalized spacial score (nSPS) is 10.4. The van der Waals surface area contributed by atoms with Crippen LogP contribution >= 0.6 is 0 Å². The third-order valence-electron chi connectivity index (χ3n) is 2.26. The Morgan fingerprint density at radius 2 is 2.06 bits per heavy atom. The molecule has 0 aliphatic rings. The lowest BCUT2D eigenvalue weighted by atomic mass is 10.1. The molecule has 0 unspecified atom stereocenters. The first kappa shape index (κ1) is 11.1. The second kappa shape index (κ2) is 4.25. The molecule has 0 spiro atoms. The van der Waals surface area contributed by atoms with Gasteiger partial charge in [-0.05, 0) is 19.1 Å². The van der Waals surface area contributed by atoms with E-state index in [-0.39, 0.29) is 12.2 Å². The zero-order valence-corrected chi connectivity index (χ0v) is 9.07. The molecular weight excluding hydrogens is 224 g/mol. The van der Waals surface area contributed by atoms with Crippen LogP contribution in [0.3, 0.4) is 0 Å². The number of Topliss-reactive ketones (excluding diaryl/α,β-unsaturated/α-hetero) is 1. The van der Waals surface area contributed by atoms with Gasteiger partial charge in [0.1, 0.15) is 0 Å². The Balaban J connectivity index is 2.51. The minimum Gasteiger partial charge on any atom is -0.460 e. The molecule has 0 bridgehead atoms. The first-order chi connectivity index (χ1) is 8.13. The minimum absolute atomic E-state index is 0.124. The highest BCUT2D eigenvalue weighted by Crippen LogP contribution is 2.14. The SMILES string of the molecule is CCOC(=O)C(=O)c1cccc2[nH]c(=O)[nH]c12. The largest absolute Gasteiger partial charge is 0.460 e. The number of esters is 1. The summed E-state index contributed by atoms with van der Waals surface area (Å²) in [6.07, 6.45) is 0. The number of aromatic amines is 2. The van der Waals surface area contributed by atoms with Crippen LogP contribution in [0.5, 0.6) is 0 Å². The fourth-order valence-electron chi connectivity index (χ4n) is 1.55. The van der Waals surface area contributed by atoms with Crippen molar-refractivity contribution in [1.82, 2.24) is 9.97 Å². The van der Waals surface area contributed by atoms with E-state index in [1.165, 1.54) is 6.07 Å². The topological polar surface area (TPSA) is 92.0 Å². The lowest BCUT2D eigenvalue weighted by molar-refractivity contribution is -0.137. The lowest BCUT2D eigenvalue weighted by Crippen LogP contribution is -2.17. The van der Waals surface area contributed by atoms with E-state index >= 15 is 0 Å². The smallest absolute Gasteiger partial charge is 0.379 e. The van der Waals surface area contributed by atoms with Gasteiger partial charge >= 0.3 is 11.7 Å². The summed E-state index contributed by atoms with van der Waals surface area (Å²) in [6.45, 7) is 1.74. The number of nitrogens with one attached hydrogen (secondary N) is 2. The van der Waals surface area contributed by atoms with E-state index in [1.54, 1.807) is 19.1 Å². The zero-order valence-electron chi connectivity index (χ0n) is 9.07. The third kappa shape index (κ3) is 1.96. The van der Waals surface area contributed by atoms with Crippen LogP contribution in [0, 0.1) is 0 Å². The average molecular weight is 234 g/mol. The van der Waals surface area contributed by atoms with E-state index in [0.29, 0.717) is 11.0 Å². The van der Waals surface area contributed by atoms with Crippen molar-refractivity contribution in [2.24, 2.45) is 0 Å². The van der Waals surface area contributed by atoms with Gasteiger partial charge in [-0.15, -0.1) is 0 Å². The first-order valence-electron chi connectivity index (χ1n) is 5.06. The third-order valence-corrected chi connectivity index (χ3v) is 2.26. The highest BCUT2D eigenvalue weighted by molar-refractivity contribution is 6.42. The Morgan fingerprint density at radius 1 is 1.29 bits per heavy atom. The average Bonchev–Trinajstić information content (AvgIpc) is 2.68. The second-order valence-electron chi connectivity index (χ2n) is 3.36. The second-order valence-corrected chi connectivity index (χ2v) is 3.36. The Labute approximate surface area is 95.6 Å². The van der Waals surface area contributed by atoms with Crippen LogP contribution in [0.1, 0.15) is 17.3 Å². The number of ketones is 1. The maximum absolute atomic E-state index is 11.7. The number of aromatic nitrogens is 2. The number of hydrogen-bond donors (Lipinski definition) is 2. The highest BCUT2D eigenvalue weighted by Gasteiger charge is 2.20. The number of fused-ring (bicyclic) bond motifs is 1. The number of carbonyl (C=O) groups excluding carboxylic acids is 2. The molecule has 0 aliphatic carbocycles. The number of imidazole rings is 1. The van der Waals surface area contributed by atoms with Crippen molar-refractivity contribution in [1.29, 1.82) is 0 Å². The molecule has 0 atom stereocenters. The fourth-order valence-corrected chi connectivity index (χ4v) is 1.55. The molecule has 6 heteroatoms. The summed E-state index contributed by atoms with van der Waals surface area (Å²) >= 11 is 0. The number of para-hydroxylation sites is 1. The molecule has 88 valence electrons. The van der Waals surface area contributed by atoms with Gasteiger partial charge in [-0.1, -0.05) is 6.07 Å². The molecular formula is C11H10N2O4. The molecule has 2 N–H and O–H groups in total. The number of hydrogen-bond acceptors (Lipinski definition) is 4. The molecule has 0 radical (unpaired) electrons. The molecule has 1 heterocycles. The number of H-pyrrole nitrogens is 2. The Hall–Kier alpha value is -2.37. The number of benzene rings is 1. The molecule has 0 saturated carbocycles. The van der Waals surface area contributed by atoms with Gasteiger partial charge in [0.2, 0.25) is 0 Å². The molecule has 2 aromatic rings. The van der Waals surface area contributed by atoms with Gasteiger partial charge < -0.3 is 14.7 Å². The molecule has 0 amide bonds. The quantitative estimate of drug-likeness (QED) is 0.462. The summed E-state index contributed by atoms with van der Waals surface area (Å²) in [6, 6.07) is 4.68. The summed E-state index contributed by atoms with van der Waals surface area (Å²) in [5.74, 6) is -1.70. The molecule has 0 fully saturated rings. The van der Waals surface area contributed by atoms with Gasteiger partial charge in [-0.3, -0.25) is 4.79 Å². The van der Waals surface area contributed by atoms with Crippen molar-refractivity contribution in [3.05, 3.63) is 34.2 Å². The maximum Gasteiger partial charge on any atom is 0.379 e. The van der Waals surface area contributed by atoms with Gasteiger partial charge in [0.05, 0.1) is 23.2 Å². The van der Waals surface area contributed by atoms with Crippen LogP contribution in [-0.2, 0) is 9.53 Å². The molecule has 0 aliphatic heterocycles. The van der Waals surface area contributed by atoms with Crippen molar-refractivity contribution in [3.8, 4) is 0 Å². The molecule has 1 aromatic heterocycles. The predicted molar refractivity (Wildman–Crippen MR) is 59.9 cm³/mol. The van der Waals surface area contributed by atoms with E-state index in [1.807, 2.05) is 0 Å². The number of ether oxygens (including phenoxy) is 1. The van der Waals surface area contributed by atoms with Crippen LogP contribution in [-0.4, -0.2) is 28.3 Å². The lowest BCUT2D eigenvalue weighted by Gasteiger charge is -2.01. The standard InChI is InChI=1S/C11H10N2O4/c1-2-17-10(15)9(14)6-4-3-5-7-8(6)13-11(16)12-7/h3-5H,2H2,1H3,(H2,12,13,16).